The summed E-state index contributed by atoms with van der Waals surface area (Å²) in [6.45, 7) is 5.81. The highest BCUT2D eigenvalue weighted by atomic mass is 32.1. The van der Waals surface area contributed by atoms with Gasteiger partial charge in [-0.25, -0.2) is 4.98 Å². The quantitative estimate of drug-likeness (QED) is 0.738. The molecule has 1 aromatic carbocycles. The number of nitrogens with zero attached hydrogens (tertiary/aromatic N) is 3. The fourth-order valence-corrected chi connectivity index (χ4v) is 3.41. The Morgan fingerprint density at radius 2 is 2.04 bits per heavy atom. The van der Waals surface area contributed by atoms with Gasteiger partial charge in [0.15, 0.2) is 12.9 Å². The number of carbonyl (C=O) groups excluding carboxylic acids is 2. The molecule has 7 heteroatoms. The summed E-state index contributed by atoms with van der Waals surface area (Å²) >= 11 is 1.66. The molecule has 1 saturated heterocycles. The lowest BCUT2D eigenvalue weighted by molar-refractivity contribution is -0.135. The maximum absolute atomic E-state index is 12.3. The Labute approximate surface area is 151 Å². The van der Waals surface area contributed by atoms with Crippen LogP contribution in [0.15, 0.2) is 29.6 Å². The van der Waals surface area contributed by atoms with Gasteiger partial charge in [-0.05, 0) is 19.1 Å². The highest BCUT2D eigenvalue weighted by Crippen LogP contribution is 2.16. The van der Waals surface area contributed by atoms with E-state index in [0.29, 0.717) is 24.4 Å². The first kappa shape index (κ1) is 17.6. The van der Waals surface area contributed by atoms with Gasteiger partial charge < -0.3 is 9.64 Å². The zero-order valence-corrected chi connectivity index (χ0v) is 15.0. The third kappa shape index (κ3) is 4.64. The summed E-state index contributed by atoms with van der Waals surface area (Å²) in [4.78, 5) is 31.9. The van der Waals surface area contributed by atoms with Crippen LogP contribution in [-0.4, -0.2) is 59.8 Å². The summed E-state index contributed by atoms with van der Waals surface area (Å²) < 4.78 is 5.52. The van der Waals surface area contributed by atoms with Crippen LogP contribution >= 0.6 is 11.3 Å². The number of hydrogen-bond donors (Lipinski definition) is 0. The lowest BCUT2D eigenvalue weighted by Crippen LogP contribution is -2.49. The molecule has 0 N–H and O–H groups in total. The molecule has 0 aliphatic carbocycles. The Kier molecular flexibility index (Phi) is 5.78. The summed E-state index contributed by atoms with van der Waals surface area (Å²) in [6, 6.07) is 6.92. The van der Waals surface area contributed by atoms with E-state index >= 15 is 0 Å². The first-order valence-corrected chi connectivity index (χ1v) is 9.12. The van der Waals surface area contributed by atoms with Crippen molar-refractivity contribution in [3.8, 4) is 5.75 Å². The first-order chi connectivity index (χ1) is 12.2. The van der Waals surface area contributed by atoms with Crippen LogP contribution in [0.2, 0.25) is 0 Å². The molecule has 0 radical (unpaired) electrons. The molecule has 1 aliphatic heterocycles. The topological polar surface area (TPSA) is 62.7 Å². The van der Waals surface area contributed by atoms with E-state index in [1.54, 1.807) is 35.6 Å². The van der Waals surface area contributed by atoms with Crippen molar-refractivity contribution in [2.24, 2.45) is 0 Å². The molecular formula is C18H21N3O3S. The molecule has 1 amide bonds. The second-order valence-electron chi connectivity index (χ2n) is 5.96. The summed E-state index contributed by atoms with van der Waals surface area (Å²) in [5.41, 5.74) is 1.55. The van der Waals surface area contributed by atoms with Gasteiger partial charge in [-0.3, -0.25) is 14.5 Å². The molecule has 2 aromatic rings. The maximum Gasteiger partial charge on any atom is 0.260 e. The number of para-hydroxylation sites is 1. The molecule has 1 fully saturated rings. The smallest absolute Gasteiger partial charge is 0.260 e. The maximum atomic E-state index is 12.3. The van der Waals surface area contributed by atoms with Crippen LogP contribution in [0.3, 0.4) is 0 Å². The van der Waals surface area contributed by atoms with Crippen LogP contribution in [0.5, 0.6) is 5.75 Å². The van der Waals surface area contributed by atoms with Gasteiger partial charge in [0, 0.05) is 38.1 Å². The number of piperazine rings is 1. The Balaban J connectivity index is 1.46. The second-order valence-corrected chi connectivity index (χ2v) is 7.02. The Bertz CT molecular complexity index is 739. The molecule has 6 nitrogen and oxygen atoms in total. The Morgan fingerprint density at radius 1 is 1.28 bits per heavy atom. The molecule has 0 unspecified atom stereocenters. The molecule has 0 bridgehead atoms. The van der Waals surface area contributed by atoms with Crippen molar-refractivity contribution in [1.29, 1.82) is 0 Å². The van der Waals surface area contributed by atoms with Gasteiger partial charge in [-0.1, -0.05) is 12.1 Å². The minimum absolute atomic E-state index is 0.0455. The Morgan fingerprint density at radius 3 is 2.72 bits per heavy atom. The van der Waals surface area contributed by atoms with E-state index in [2.05, 4.69) is 15.3 Å². The number of aldehydes is 1. The standard InChI is InChI=1S/C18H21N3O3S/c1-14-19-16(13-25-14)10-20-6-8-21(9-7-20)18(23)12-24-17-5-3-2-4-15(17)11-22/h2-5,11,13H,6-10,12H2,1H3. The van der Waals surface area contributed by atoms with Crippen LogP contribution in [-0.2, 0) is 11.3 Å². The largest absolute Gasteiger partial charge is 0.483 e. The zero-order valence-electron chi connectivity index (χ0n) is 14.2. The fourth-order valence-electron chi connectivity index (χ4n) is 2.81. The molecule has 0 spiro atoms. The van der Waals surface area contributed by atoms with Gasteiger partial charge in [0.05, 0.1) is 16.3 Å². The molecular weight excluding hydrogens is 338 g/mol. The summed E-state index contributed by atoms with van der Waals surface area (Å²) in [7, 11) is 0. The monoisotopic (exact) mass is 359 g/mol. The van der Waals surface area contributed by atoms with Crippen LogP contribution in [0, 0.1) is 6.92 Å². The van der Waals surface area contributed by atoms with E-state index in [4.69, 9.17) is 4.74 Å². The normalized spacial score (nSPS) is 15.2. The molecule has 3 rings (SSSR count). The number of carbonyl (C=O) groups is 2. The summed E-state index contributed by atoms with van der Waals surface area (Å²) in [5.74, 6) is 0.397. The number of amides is 1. The average molecular weight is 359 g/mol. The highest BCUT2D eigenvalue weighted by Gasteiger charge is 2.22. The lowest BCUT2D eigenvalue weighted by Gasteiger charge is -2.34. The van der Waals surface area contributed by atoms with Crippen molar-refractivity contribution in [3.05, 3.63) is 45.9 Å². The van der Waals surface area contributed by atoms with Crippen LogP contribution < -0.4 is 4.74 Å². The van der Waals surface area contributed by atoms with E-state index in [1.807, 2.05) is 11.8 Å². The van der Waals surface area contributed by atoms with E-state index in [0.717, 1.165) is 36.6 Å². The van der Waals surface area contributed by atoms with Crippen LogP contribution in [0.1, 0.15) is 21.1 Å². The SMILES string of the molecule is Cc1nc(CN2CCN(C(=O)COc3ccccc3C=O)CC2)cs1. The summed E-state index contributed by atoms with van der Waals surface area (Å²) in [6.07, 6.45) is 0.735. The number of rotatable bonds is 6. The number of ether oxygens (including phenoxy) is 1. The molecule has 0 atom stereocenters. The summed E-state index contributed by atoms with van der Waals surface area (Å²) in [5, 5.41) is 3.17. The van der Waals surface area contributed by atoms with E-state index in [9.17, 15) is 9.59 Å². The third-order valence-corrected chi connectivity index (χ3v) is 5.00. The van der Waals surface area contributed by atoms with Gasteiger partial charge in [0.25, 0.3) is 5.91 Å². The highest BCUT2D eigenvalue weighted by molar-refractivity contribution is 7.09. The van der Waals surface area contributed by atoms with Crippen molar-refractivity contribution in [2.75, 3.05) is 32.8 Å². The second kappa shape index (κ2) is 8.22. The van der Waals surface area contributed by atoms with Crippen LogP contribution in [0.4, 0.5) is 0 Å². The van der Waals surface area contributed by atoms with Crippen molar-refractivity contribution < 1.29 is 14.3 Å². The predicted molar refractivity (Wildman–Crippen MR) is 96.0 cm³/mol. The molecule has 132 valence electrons. The Hall–Kier alpha value is -2.25. The fraction of sp³-hybridized carbons (Fsp3) is 0.389. The molecule has 25 heavy (non-hydrogen) atoms. The van der Waals surface area contributed by atoms with Crippen molar-refractivity contribution >= 4 is 23.5 Å². The van der Waals surface area contributed by atoms with E-state index in [-0.39, 0.29) is 12.5 Å². The van der Waals surface area contributed by atoms with E-state index in [1.165, 1.54) is 0 Å². The molecule has 1 aromatic heterocycles. The van der Waals surface area contributed by atoms with Gasteiger partial charge >= 0.3 is 0 Å². The van der Waals surface area contributed by atoms with Crippen molar-refractivity contribution in [1.82, 2.24) is 14.8 Å². The molecule has 2 heterocycles. The minimum Gasteiger partial charge on any atom is -0.483 e. The van der Waals surface area contributed by atoms with Gasteiger partial charge in [-0.2, -0.15) is 0 Å². The lowest BCUT2D eigenvalue weighted by atomic mass is 10.2. The molecule has 0 saturated carbocycles. The zero-order chi connectivity index (χ0) is 17.6. The number of thiazole rings is 1. The number of benzene rings is 1. The van der Waals surface area contributed by atoms with Crippen LogP contribution in [0.25, 0.3) is 0 Å². The minimum atomic E-state index is -0.0511. The number of hydrogen-bond acceptors (Lipinski definition) is 6. The first-order valence-electron chi connectivity index (χ1n) is 8.24. The van der Waals surface area contributed by atoms with Gasteiger partial charge in [0.2, 0.25) is 0 Å². The number of aryl methyl sites for hydroxylation is 1. The predicted octanol–water partition coefficient (Wildman–Crippen LogP) is 1.99. The van der Waals surface area contributed by atoms with Crippen molar-refractivity contribution in [2.45, 2.75) is 13.5 Å². The number of aromatic nitrogens is 1. The van der Waals surface area contributed by atoms with Gasteiger partial charge in [0.1, 0.15) is 5.75 Å². The third-order valence-electron chi connectivity index (χ3n) is 4.17. The van der Waals surface area contributed by atoms with Gasteiger partial charge in [-0.15, -0.1) is 11.3 Å². The van der Waals surface area contributed by atoms with E-state index < -0.39 is 0 Å². The molecule has 1 aliphatic rings. The average Bonchev–Trinajstić information content (AvgIpc) is 3.05. The van der Waals surface area contributed by atoms with Crippen molar-refractivity contribution in [3.63, 3.8) is 0 Å².